The molecule has 0 spiro atoms. The van der Waals surface area contributed by atoms with Gasteiger partial charge >= 0.3 is 0 Å². The van der Waals surface area contributed by atoms with E-state index in [1.165, 1.54) is 10.5 Å². The highest BCUT2D eigenvalue weighted by molar-refractivity contribution is 5.96. The van der Waals surface area contributed by atoms with Gasteiger partial charge in [0.2, 0.25) is 0 Å². The first-order valence-electron chi connectivity index (χ1n) is 10.0. The summed E-state index contributed by atoms with van der Waals surface area (Å²) in [6.45, 7) is 5.49. The number of ether oxygens (including phenoxy) is 1. The zero-order valence-corrected chi connectivity index (χ0v) is 16.7. The van der Waals surface area contributed by atoms with Crippen molar-refractivity contribution in [3.05, 3.63) is 51.4 Å². The molecule has 1 aliphatic heterocycles. The van der Waals surface area contributed by atoms with E-state index >= 15 is 0 Å². The molecule has 0 saturated carbocycles. The Morgan fingerprint density at radius 1 is 1.41 bits per heavy atom. The van der Waals surface area contributed by atoms with Crippen LogP contribution in [0.4, 0.5) is 0 Å². The van der Waals surface area contributed by atoms with Crippen LogP contribution >= 0.6 is 0 Å². The quantitative estimate of drug-likeness (QED) is 0.643. The third-order valence-corrected chi connectivity index (χ3v) is 5.34. The van der Waals surface area contributed by atoms with Gasteiger partial charge in [0.1, 0.15) is 16.8 Å². The smallest absolute Gasteiger partial charge is 0.267 e. The molecule has 8 heteroatoms. The lowest BCUT2D eigenvalue weighted by atomic mass is 10.1. The van der Waals surface area contributed by atoms with Gasteiger partial charge in [0, 0.05) is 25.9 Å². The monoisotopic (exact) mass is 395 g/mol. The van der Waals surface area contributed by atoms with Crippen molar-refractivity contribution in [2.24, 2.45) is 0 Å². The molecule has 0 radical (unpaired) electrons. The Morgan fingerprint density at radius 2 is 2.24 bits per heavy atom. The van der Waals surface area contributed by atoms with E-state index in [1.54, 1.807) is 16.8 Å². The van der Waals surface area contributed by atoms with Gasteiger partial charge < -0.3 is 14.6 Å². The van der Waals surface area contributed by atoms with Crippen LogP contribution in [0.25, 0.3) is 16.7 Å². The molecule has 4 rings (SSSR count). The number of carbonyl (C=O) groups is 1. The summed E-state index contributed by atoms with van der Waals surface area (Å²) in [6.07, 6.45) is 4.34. The van der Waals surface area contributed by atoms with Crippen LogP contribution in [0.1, 0.15) is 42.1 Å². The minimum Gasteiger partial charge on any atom is -0.376 e. The second-order valence-corrected chi connectivity index (χ2v) is 7.44. The Labute approximate surface area is 167 Å². The summed E-state index contributed by atoms with van der Waals surface area (Å²) in [5.74, 6) is -0.369. The van der Waals surface area contributed by atoms with Gasteiger partial charge in [0.25, 0.3) is 11.5 Å². The lowest BCUT2D eigenvalue weighted by Gasteiger charge is -2.15. The van der Waals surface area contributed by atoms with E-state index < -0.39 is 0 Å². The van der Waals surface area contributed by atoms with Crippen LogP contribution in [0.3, 0.4) is 0 Å². The van der Waals surface area contributed by atoms with E-state index in [9.17, 15) is 9.59 Å². The normalized spacial score (nSPS) is 16.6. The molecule has 0 unspecified atom stereocenters. The highest BCUT2D eigenvalue weighted by Crippen LogP contribution is 2.14. The Morgan fingerprint density at radius 3 is 2.97 bits per heavy atom. The van der Waals surface area contributed by atoms with Crippen LogP contribution in [0, 0.1) is 12.3 Å². The predicted octanol–water partition coefficient (Wildman–Crippen LogP) is 1.76. The fourth-order valence-corrected chi connectivity index (χ4v) is 3.82. The molecule has 0 bridgehead atoms. The van der Waals surface area contributed by atoms with Crippen LogP contribution in [0.5, 0.6) is 0 Å². The maximum atomic E-state index is 13.1. The fraction of sp³-hybridized carbons (Fsp3) is 0.429. The first-order valence-corrected chi connectivity index (χ1v) is 10.0. The van der Waals surface area contributed by atoms with E-state index in [-0.39, 0.29) is 28.6 Å². The number of fused-ring (bicyclic) bond motifs is 2. The summed E-state index contributed by atoms with van der Waals surface area (Å²) >= 11 is 0. The minimum absolute atomic E-state index is 0.00978. The molecule has 0 aliphatic carbocycles. The van der Waals surface area contributed by atoms with Crippen molar-refractivity contribution < 1.29 is 9.53 Å². The molecule has 1 amide bonds. The number of pyridine rings is 2. The molecule has 8 nitrogen and oxygen atoms in total. The number of hydrogen-bond donors (Lipinski definition) is 2. The van der Waals surface area contributed by atoms with Crippen molar-refractivity contribution in [3.8, 4) is 0 Å². The highest BCUT2D eigenvalue weighted by atomic mass is 16.5. The lowest BCUT2D eigenvalue weighted by molar-refractivity contribution is 0.0855. The minimum atomic E-state index is -0.369. The van der Waals surface area contributed by atoms with E-state index in [0.29, 0.717) is 36.4 Å². The molecule has 0 aromatic carbocycles. The van der Waals surface area contributed by atoms with Gasteiger partial charge in [-0.15, -0.1) is 0 Å². The number of nitrogens with one attached hydrogen (secondary N) is 2. The maximum absolute atomic E-state index is 13.1. The van der Waals surface area contributed by atoms with Gasteiger partial charge in [-0.3, -0.25) is 19.4 Å². The molecular weight excluding hydrogens is 370 g/mol. The van der Waals surface area contributed by atoms with Crippen LogP contribution in [0.15, 0.2) is 29.2 Å². The molecule has 29 heavy (non-hydrogen) atoms. The highest BCUT2D eigenvalue weighted by Gasteiger charge is 2.20. The Bertz CT molecular complexity index is 1200. The predicted molar refractivity (Wildman–Crippen MR) is 109 cm³/mol. The number of carbonyl (C=O) groups excluding carboxylic acids is 1. The molecule has 1 aliphatic rings. The zero-order chi connectivity index (χ0) is 20.5. The van der Waals surface area contributed by atoms with Crippen molar-refractivity contribution in [1.82, 2.24) is 19.3 Å². The van der Waals surface area contributed by atoms with E-state index in [4.69, 9.17) is 10.1 Å². The van der Waals surface area contributed by atoms with Crippen molar-refractivity contribution in [2.75, 3.05) is 13.2 Å². The van der Waals surface area contributed by atoms with E-state index in [2.05, 4.69) is 10.3 Å². The molecule has 3 aromatic rings. The first-order chi connectivity index (χ1) is 14.0. The Hall–Kier alpha value is -3.00. The largest absolute Gasteiger partial charge is 0.376 e. The van der Waals surface area contributed by atoms with Crippen LogP contribution < -0.4 is 16.4 Å². The number of rotatable bonds is 5. The summed E-state index contributed by atoms with van der Waals surface area (Å²) in [4.78, 5) is 30.6. The molecular formula is C21H25N5O3. The number of hydrogen-bond acceptors (Lipinski definition) is 5. The van der Waals surface area contributed by atoms with Gasteiger partial charge in [-0.05, 0) is 43.9 Å². The van der Waals surface area contributed by atoms with E-state index in [1.807, 2.05) is 19.9 Å². The molecule has 1 fully saturated rings. The Balaban J connectivity index is 1.87. The van der Waals surface area contributed by atoms with Crippen molar-refractivity contribution in [1.29, 1.82) is 5.41 Å². The molecule has 1 saturated heterocycles. The zero-order valence-electron chi connectivity index (χ0n) is 16.7. The third kappa shape index (κ3) is 3.44. The standard InChI is InChI=1S/C21H25N5O3/c1-3-8-25-17(22)15(20(27)23-12-14-7-5-10-29-14)11-16-19(25)24-18-13(2)6-4-9-26(18)21(16)28/h4,6,9,11,14,22H,3,5,7-8,10,12H2,1-2H3,(H,23,27)/t14-/m1/s1. The third-order valence-electron chi connectivity index (χ3n) is 5.34. The SMILES string of the molecule is CCCn1c(=N)c(C(=O)NC[C@H]2CCCO2)cc2c(=O)n3cccc(C)c3nc21. The van der Waals surface area contributed by atoms with Crippen LogP contribution in [-0.2, 0) is 11.3 Å². The van der Waals surface area contributed by atoms with E-state index in [0.717, 1.165) is 24.8 Å². The topological polar surface area (TPSA) is 101 Å². The van der Waals surface area contributed by atoms with Crippen molar-refractivity contribution in [2.45, 2.75) is 45.8 Å². The summed E-state index contributed by atoms with van der Waals surface area (Å²) in [6, 6.07) is 5.19. The molecule has 1 atom stereocenters. The molecule has 3 aromatic heterocycles. The van der Waals surface area contributed by atoms with Gasteiger partial charge in [0.15, 0.2) is 0 Å². The number of aromatic nitrogens is 3. The fourth-order valence-electron chi connectivity index (χ4n) is 3.82. The van der Waals surface area contributed by atoms with Gasteiger partial charge in [-0.2, -0.15) is 0 Å². The maximum Gasteiger partial charge on any atom is 0.267 e. The van der Waals surface area contributed by atoms with Gasteiger partial charge in [-0.1, -0.05) is 13.0 Å². The second kappa shape index (κ2) is 7.79. The van der Waals surface area contributed by atoms with Crippen molar-refractivity contribution >= 4 is 22.6 Å². The first kappa shape index (κ1) is 19.3. The number of nitrogens with zero attached hydrogens (tertiary/aromatic N) is 3. The van der Waals surface area contributed by atoms with Gasteiger partial charge in [0.05, 0.1) is 17.1 Å². The Kier molecular flexibility index (Phi) is 5.19. The van der Waals surface area contributed by atoms with Crippen molar-refractivity contribution in [3.63, 3.8) is 0 Å². The summed E-state index contributed by atoms with van der Waals surface area (Å²) in [5.41, 5.74) is 1.87. The average molecular weight is 395 g/mol. The lowest BCUT2D eigenvalue weighted by Crippen LogP contribution is -2.37. The average Bonchev–Trinajstić information content (AvgIpc) is 3.23. The number of aryl methyl sites for hydroxylation is 2. The number of amides is 1. The second-order valence-electron chi connectivity index (χ2n) is 7.44. The van der Waals surface area contributed by atoms with Crippen LogP contribution in [-0.4, -0.2) is 39.1 Å². The summed E-state index contributed by atoms with van der Waals surface area (Å²) in [5, 5.41) is 11.8. The van der Waals surface area contributed by atoms with Gasteiger partial charge in [-0.25, -0.2) is 4.98 Å². The molecule has 2 N–H and O–H groups in total. The van der Waals surface area contributed by atoms with Crippen LogP contribution in [0.2, 0.25) is 0 Å². The molecule has 152 valence electrons. The molecule has 4 heterocycles. The summed E-state index contributed by atoms with van der Waals surface area (Å²) < 4.78 is 8.70. The summed E-state index contributed by atoms with van der Waals surface area (Å²) in [7, 11) is 0.